The van der Waals surface area contributed by atoms with Gasteiger partial charge in [0.1, 0.15) is 0 Å². The number of nitrogens with one attached hydrogen (secondary N) is 1. The van der Waals surface area contributed by atoms with Crippen molar-refractivity contribution in [1.29, 1.82) is 0 Å². The SMILES string of the molecule is CCCNC(Cc1cccnc1)Cc1ccc(Br)s1. The van der Waals surface area contributed by atoms with Gasteiger partial charge in [0.15, 0.2) is 0 Å². The summed E-state index contributed by atoms with van der Waals surface area (Å²) in [5.41, 5.74) is 1.30. The molecule has 0 aliphatic rings. The first kappa shape index (κ1) is 14.7. The highest BCUT2D eigenvalue weighted by molar-refractivity contribution is 9.11. The molecule has 2 heterocycles. The summed E-state index contributed by atoms with van der Waals surface area (Å²) < 4.78 is 1.21. The summed E-state index contributed by atoms with van der Waals surface area (Å²) in [5, 5.41) is 3.64. The lowest BCUT2D eigenvalue weighted by Crippen LogP contribution is -2.33. The molecule has 19 heavy (non-hydrogen) atoms. The molecular weight excluding hydrogens is 320 g/mol. The minimum Gasteiger partial charge on any atom is -0.313 e. The zero-order valence-electron chi connectivity index (χ0n) is 11.1. The van der Waals surface area contributed by atoms with Crippen LogP contribution in [-0.2, 0) is 12.8 Å². The number of rotatable bonds is 7. The Balaban J connectivity index is 1.99. The van der Waals surface area contributed by atoms with E-state index < -0.39 is 0 Å². The van der Waals surface area contributed by atoms with Gasteiger partial charge in [-0.05, 0) is 65.5 Å². The van der Waals surface area contributed by atoms with Gasteiger partial charge in [0.05, 0.1) is 3.79 Å². The predicted molar refractivity (Wildman–Crippen MR) is 85.7 cm³/mol. The van der Waals surface area contributed by atoms with Crippen LogP contribution in [-0.4, -0.2) is 17.6 Å². The molecule has 4 heteroatoms. The molecule has 1 N–H and O–H groups in total. The molecule has 2 aromatic heterocycles. The van der Waals surface area contributed by atoms with E-state index in [4.69, 9.17) is 0 Å². The number of thiophene rings is 1. The Morgan fingerprint density at radius 1 is 1.32 bits per heavy atom. The molecule has 2 rings (SSSR count). The zero-order chi connectivity index (χ0) is 13.5. The highest BCUT2D eigenvalue weighted by Gasteiger charge is 2.11. The second-order valence-electron chi connectivity index (χ2n) is 4.63. The van der Waals surface area contributed by atoms with Crippen LogP contribution >= 0.6 is 27.3 Å². The van der Waals surface area contributed by atoms with Gasteiger partial charge >= 0.3 is 0 Å². The average molecular weight is 339 g/mol. The summed E-state index contributed by atoms with van der Waals surface area (Å²) in [6.07, 6.45) is 7.06. The van der Waals surface area contributed by atoms with Crippen LogP contribution in [0, 0.1) is 0 Å². The monoisotopic (exact) mass is 338 g/mol. The zero-order valence-corrected chi connectivity index (χ0v) is 13.5. The molecule has 0 aliphatic heterocycles. The van der Waals surface area contributed by atoms with Gasteiger partial charge in [-0.2, -0.15) is 0 Å². The maximum Gasteiger partial charge on any atom is 0.0701 e. The molecule has 0 fully saturated rings. The fourth-order valence-electron chi connectivity index (χ4n) is 2.07. The smallest absolute Gasteiger partial charge is 0.0701 e. The molecule has 0 amide bonds. The summed E-state index contributed by atoms with van der Waals surface area (Å²) in [6.45, 7) is 3.27. The molecule has 0 aliphatic carbocycles. The van der Waals surface area contributed by atoms with Gasteiger partial charge < -0.3 is 5.32 Å². The highest BCUT2D eigenvalue weighted by Crippen LogP contribution is 2.23. The Morgan fingerprint density at radius 3 is 2.84 bits per heavy atom. The molecular formula is C15H19BrN2S. The molecule has 0 bridgehead atoms. The van der Waals surface area contributed by atoms with E-state index in [0.717, 1.165) is 25.8 Å². The normalized spacial score (nSPS) is 12.5. The molecule has 1 atom stereocenters. The summed E-state index contributed by atoms with van der Waals surface area (Å²) in [6, 6.07) is 8.97. The third-order valence-corrected chi connectivity index (χ3v) is 4.61. The molecule has 0 saturated carbocycles. The molecule has 102 valence electrons. The van der Waals surface area contributed by atoms with E-state index in [2.05, 4.69) is 51.4 Å². The topological polar surface area (TPSA) is 24.9 Å². The number of hydrogen-bond donors (Lipinski definition) is 1. The molecule has 1 unspecified atom stereocenters. The van der Waals surface area contributed by atoms with Gasteiger partial charge in [0, 0.05) is 23.3 Å². The molecule has 2 nitrogen and oxygen atoms in total. The first-order chi connectivity index (χ1) is 9.28. The Labute approximate surface area is 127 Å². The maximum atomic E-state index is 4.20. The summed E-state index contributed by atoms with van der Waals surface area (Å²) >= 11 is 5.35. The van der Waals surface area contributed by atoms with E-state index in [1.807, 2.05) is 29.8 Å². The van der Waals surface area contributed by atoms with Crippen LogP contribution in [0.3, 0.4) is 0 Å². The lowest BCUT2D eigenvalue weighted by molar-refractivity contribution is 0.507. The Bertz CT molecular complexity index is 484. The van der Waals surface area contributed by atoms with Crippen LogP contribution in [0.1, 0.15) is 23.8 Å². The van der Waals surface area contributed by atoms with Gasteiger partial charge in [-0.1, -0.05) is 13.0 Å². The maximum absolute atomic E-state index is 4.20. The second-order valence-corrected chi connectivity index (χ2v) is 7.17. The molecule has 0 spiro atoms. The van der Waals surface area contributed by atoms with Gasteiger partial charge in [0.2, 0.25) is 0 Å². The third kappa shape index (κ3) is 5.05. The van der Waals surface area contributed by atoms with Crippen LogP contribution in [0.2, 0.25) is 0 Å². The van der Waals surface area contributed by atoms with E-state index >= 15 is 0 Å². The Hall–Kier alpha value is -0.710. The van der Waals surface area contributed by atoms with Crippen LogP contribution in [0.5, 0.6) is 0 Å². The number of hydrogen-bond acceptors (Lipinski definition) is 3. The molecule has 0 saturated heterocycles. The van der Waals surface area contributed by atoms with Crippen molar-refractivity contribution in [3.63, 3.8) is 0 Å². The van der Waals surface area contributed by atoms with Crippen molar-refractivity contribution in [1.82, 2.24) is 10.3 Å². The van der Waals surface area contributed by atoms with E-state index in [1.54, 1.807) is 0 Å². The van der Waals surface area contributed by atoms with Gasteiger partial charge in [-0.15, -0.1) is 11.3 Å². The average Bonchev–Trinajstić information content (AvgIpc) is 2.82. The minimum atomic E-state index is 0.481. The van der Waals surface area contributed by atoms with E-state index in [1.165, 1.54) is 14.2 Å². The quantitative estimate of drug-likeness (QED) is 0.823. The first-order valence-corrected chi connectivity index (χ1v) is 8.25. The Morgan fingerprint density at radius 2 is 2.21 bits per heavy atom. The molecule has 0 aromatic carbocycles. The van der Waals surface area contributed by atoms with Crippen LogP contribution in [0.15, 0.2) is 40.4 Å². The summed E-state index contributed by atoms with van der Waals surface area (Å²) in [7, 11) is 0. The van der Waals surface area contributed by atoms with Crippen molar-refractivity contribution in [2.24, 2.45) is 0 Å². The van der Waals surface area contributed by atoms with Crippen molar-refractivity contribution < 1.29 is 0 Å². The minimum absolute atomic E-state index is 0.481. The van der Waals surface area contributed by atoms with Gasteiger partial charge in [-0.3, -0.25) is 4.98 Å². The van der Waals surface area contributed by atoms with Gasteiger partial charge in [-0.25, -0.2) is 0 Å². The largest absolute Gasteiger partial charge is 0.313 e. The fraction of sp³-hybridized carbons (Fsp3) is 0.400. The lowest BCUT2D eigenvalue weighted by atomic mass is 10.0. The number of nitrogens with zero attached hydrogens (tertiary/aromatic N) is 1. The van der Waals surface area contributed by atoms with Crippen molar-refractivity contribution in [3.05, 3.63) is 50.9 Å². The van der Waals surface area contributed by atoms with Crippen molar-refractivity contribution in [3.8, 4) is 0 Å². The standard InChI is InChI=1S/C15H19BrN2S/c1-2-7-18-13(9-12-4-3-8-17-11-12)10-14-5-6-15(16)19-14/h3-6,8,11,13,18H,2,7,9-10H2,1H3. The third-order valence-electron chi connectivity index (χ3n) is 2.96. The lowest BCUT2D eigenvalue weighted by Gasteiger charge is -2.17. The number of halogens is 1. The predicted octanol–water partition coefficient (Wildman–Crippen LogP) is 4.06. The van der Waals surface area contributed by atoms with Gasteiger partial charge in [0.25, 0.3) is 0 Å². The first-order valence-electron chi connectivity index (χ1n) is 6.64. The Kier molecular flexibility index (Phi) is 6.01. The molecule has 2 aromatic rings. The van der Waals surface area contributed by atoms with Crippen LogP contribution < -0.4 is 5.32 Å². The van der Waals surface area contributed by atoms with Crippen molar-refractivity contribution in [2.45, 2.75) is 32.2 Å². The summed E-state index contributed by atoms with van der Waals surface area (Å²) in [4.78, 5) is 5.62. The van der Waals surface area contributed by atoms with Crippen molar-refractivity contribution in [2.75, 3.05) is 6.54 Å². The highest BCUT2D eigenvalue weighted by atomic mass is 79.9. The van der Waals surface area contributed by atoms with E-state index in [0.29, 0.717) is 6.04 Å². The fourth-order valence-corrected chi connectivity index (χ4v) is 3.64. The number of pyridine rings is 1. The molecule has 0 radical (unpaired) electrons. The van der Waals surface area contributed by atoms with Crippen LogP contribution in [0.25, 0.3) is 0 Å². The summed E-state index contributed by atoms with van der Waals surface area (Å²) in [5.74, 6) is 0. The van der Waals surface area contributed by atoms with Crippen molar-refractivity contribution >= 4 is 27.3 Å². The van der Waals surface area contributed by atoms with E-state index in [-0.39, 0.29) is 0 Å². The number of aromatic nitrogens is 1. The second kappa shape index (κ2) is 7.78. The van der Waals surface area contributed by atoms with Crippen LogP contribution in [0.4, 0.5) is 0 Å². The van der Waals surface area contributed by atoms with E-state index in [9.17, 15) is 0 Å².